The number of halogens is 5. The van der Waals surface area contributed by atoms with Crippen molar-refractivity contribution in [3.63, 3.8) is 0 Å². The number of rotatable bonds is 4. The zero-order valence-electron chi connectivity index (χ0n) is 13.7. The largest absolute Gasteiger partial charge is 0.455 e. The number of nitrogens with zero attached hydrogens (tertiary/aromatic N) is 1. The van der Waals surface area contributed by atoms with Gasteiger partial charge in [-0.25, -0.2) is 0 Å². The molecule has 1 aromatic rings. The number of fused-ring (bicyclic) bond motifs is 2. The summed E-state index contributed by atoms with van der Waals surface area (Å²) in [5, 5.41) is 0. The van der Waals surface area contributed by atoms with Crippen molar-refractivity contribution in [2.24, 2.45) is 5.92 Å². The molecule has 0 saturated heterocycles. The molecule has 4 rings (SSSR count). The van der Waals surface area contributed by atoms with E-state index in [1.165, 1.54) is 0 Å². The first-order valence-corrected chi connectivity index (χ1v) is 8.52. The van der Waals surface area contributed by atoms with Crippen molar-refractivity contribution in [1.29, 1.82) is 0 Å². The van der Waals surface area contributed by atoms with Crippen LogP contribution >= 0.6 is 0 Å². The molecule has 2 nitrogen and oxygen atoms in total. The molecular formula is C18H18F5NO. The Labute approximate surface area is 142 Å². The van der Waals surface area contributed by atoms with E-state index >= 15 is 0 Å². The van der Waals surface area contributed by atoms with E-state index in [9.17, 15) is 26.7 Å². The van der Waals surface area contributed by atoms with Crippen LogP contribution in [0.3, 0.4) is 0 Å². The summed E-state index contributed by atoms with van der Waals surface area (Å²) in [7, 11) is 0. The summed E-state index contributed by atoms with van der Waals surface area (Å²) < 4.78 is 65.1. The molecule has 1 aliphatic heterocycles. The first-order chi connectivity index (χ1) is 11.6. The predicted molar refractivity (Wildman–Crippen MR) is 81.8 cm³/mol. The van der Waals surface area contributed by atoms with Crippen molar-refractivity contribution in [2.75, 3.05) is 11.4 Å². The van der Waals surface area contributed by atoms with Gasteiger partial charge < -0.3 is 4.90 Å². The molecule has 2 atom stereocenters. The maximum atomic E-state index is 13.6. The third-order valence-corrected chi connectivity index (χ3v) is 5.88. The minimum Gasteiger partial charge on any atom is -0.305 e. The molecule has 136 valence electrons. The standard InChI is InChI=1S/C18H18F5NO/c1-2-10-7-12(10)11-3-4-13-14(8-11)24(15(25)16(13)5-6-16)9-17(19,20)18(21,22)23/h3-4,8,10,12H,2,5-7,9H2,1H3/t10-,12-/m0/s1. The minimum absolute atomic E-state index is 0.241. The Morgan fingerprint density at radius 1 is 1.20 bits per heavy atom. The molecule has 1 heterocycles. The van der Waals surface area contributed by atoms with Crippen molar-refractivity contribution in [3.8, 4) is 0 Å². The van der Waals surface area contributed by atoms with E-state index in [0.717, 1.165) is 18.4 Å². The molecule has 2 aliphatic carbocycles. The van der Waals surface area contributed by atoms with Gasteiger partial charge in [0.1, 0.15) is 0 Å². The Morgan fingerprint density at radius 3 is 2.40 bits per heavy atom. The molecule has 25 heavy (non-hydrogen) atoms. The molecular weight excluding hydrogens is 341 g/mol. The SMILES string of the molecule is CC[C@H]1C[C@@H]1c1ccc2c(c1)N(CC(F)(F)C(F)(F)F)C(=O)C21CC1. The van der Waals surface area contributed by atoms with Crippen LogP contribution in [-0.2, 0) is 10.2 Å². The van der Waals surface area contributed by atoms with Crippen molar-refractivity contribution in [3.05, 3.63) is 29.3 Å². The maximum absolute atomic E-state index is 13.6. The van der Waals surface area contributed by atoms with E-state index in [0.29, 0.717) is 35.1 Å². The van der Waals surface area contributed by atoms with Gasteiger partial charge in [-0.2, -0.15) is 22.0 Å². The zero-order chi connectivity index (χ0) is 18.2. The maximum Gasteiger partial charge on any atom is 0.455 e. The van der Waals surface area contributed by atoms with Crippen molar-refractivity contribution in [1.82, 2.24) is 0 Å². The normalized spacial score (nSPS) is 27.0. The summed E-state index contributed by atoms with van der Waals surface area (Å²) in [6.07, 6.45) is -2.66. The molecule has 2 saturated carbocycles. The molecule has 1 spiro atoms. The van der Waals surface area contributed by atoms with Crippen LogP contribution in [-0.4, -0.2) is 24.6 Å². The smallest absolute Gasteiger partial charge is 0.305 e. The second-order valence-electron chi connectivity index (χ2n) is 7.46. The Morgan fingerprint density at radius 2 is 1.88 bits per heavy atom. The van der Waals surface area contributed by atoms with Crippen molar-refractivity contribution >= 4 is 11.6 Å². The average molecular weight is 359 g/mol. The summed E-state index contributed by atoms with van der Waals surface area (Å²) in [4.78, 5) is 13.3. The lowest BCUT2D eigenvalue weighted by molar-refractivity contribution is -0.276. The van der Waals surface area contributed by atoms with Gasteiger partial charge in [-0.3, -0.25) is 4.79 Å². The number of hydrogen-bond donors (Lipinski definition) is 0. The molecule has 1 amide bonds. The number of benzene rings is 1. The highest BCUT2D eigenvalue weighted by Crippen LogP contribution is 2.59. The molecule has 3 aliphatic rings. The number of carbonyl (C=O) groups is 1. The molecule has 0 radical (unpaired) electrons. The van der Waals surface area contributed by atoms with E-state index in [2.05, 4.69) is 6.92 Å². The minimum atomic E-state index is -5.67. The van der Waals surface area contributed by atoms with Gasteiger partial charge in [0.15, 0.2) is 0 Å². The lowest BCUT2D eigenvalue weighted by Gasteiger charge is -2.26. The van der Waals surface area contributed by atoms with Crippen LogP contribution in [0.2, 0.25) is 0 Å². The van der Waals surface area contributed by atoms with E-state index in [-0.39, 0.29) is 5.69 Å². The van der Waals surface area contributed by atoms with Gasteiger partial charge in [-0.15, -0.1) is 0 Å². The lowest BCUT2D eigenvalue weighted by atomic mass is 9.95. The van der Waals surface area contributed by atoms with Gasteiger partial charge in [-0.05, 0) is 48.3 Å². The highest BCUT2D eigenvalue weighted by Gasteiger charge is 2.64. The molecule has 7 heteroatoms. The van der Waals surface area contributed by atoms with Crippen LogP contribution in [0.5, 0.6) is 0 Å². The highest BCUT2D eigenvalue weighted by molar-refractivity contribution is 6.10. The molecule has 0 aromatic heterocycles. The van der Waals surface area contributed by atoms with Gasteiger partial charge in [0.2, 0.25) is 5.91 Å². The van der Waals surface area contributed by atoms with Gasteiger partial charge in [-0.1, -0.05) is 25.5 Å². The quantitative estimate of drug-likeness (QED) is 0.709. The Bertz CT molecular complexity index is 737. The Balaban J connectivity index is 1.70. The third-order valence-electron chi connectivity index (χ3n) is 5.88. The Hall–Kier alpha value is -1.66. The average Bonchev–Trinajstić information content (AvgIpc) is 3.43. The van der Waals surface area contributed by atoms with Crippen LogP contribution in [0.4, 0.5) is 27.6 Å². The summed E-state index contributed by atoms with van der Waals surface area (Å²) in [5.74, 6) is -4.71. The van der Waals surface area contributed by atoms with Crippen LogP contribution in [0.25, 0.3) is 0 Å². The van der Waals surface area contributed by atoms with E-state index in [4.69, 9.17) is 0 Å². The Kier molecular flexibility index (Phi) is 3.32. The second kappa shape index (κ2) is 4.95. The summed E-state index contributed by atoms with van der Waals surface area (Å²) >= 11 is 0. The lowest BCUT2D eigenvalue weighted by Crippen LogP contribution is -2.49. The van der Waals surface area contributed by atoms with Gasteiger partial charge >= 0.3 is 12.1 Å². The number of anilines is 1. The van der Waals surface area contributed by atoms with Crippen LogP contribution in [0.15, 0.2) is 18.2 Å². The molecule has 0 bridgehead atoms. The van der Waals surface area contributed by atoms with Crippen LogP contribution in [0, 0.1) is 5.92 Å². The van der Waals surface area contributed by atoms with Gasteiger partial charge in [0, 0.05) is 5.69 Å². The highest BCUT2D eigenvalue weighted by atomic mass is 19.4. The van der Waals surface area contributed by atoms with Crippen LogP contribution in [0.1, 0.15) is 49.7 Å². The fourth-order valence-corrected chi connectivity index (χ4v) is 4.05. The van der Waals surface area contributed by atoms with Crippen LogP contribution < -0.4 is 4.90 Å². The van der Waals surface area contributed by atoms with Crippen molar-refractivity contribution in [2.45, 2.75) is 56.0 Å². The first-order valence-electron chi connectivity index (χ1n) is 8.52. The number of alkyl halides is 5. The molecule has 0 N–H and O–H groups in total. The predicted octanol–water partition coefficient (Wildman–Crippen LogP) is 4.78. The summed E-state index contributed by atoms with van der Waals surface area (Å²) in [6.45, 7) is 0.423. The first kappa shape index (κ1) is 16.8. The van der Waals surface area contributed by atoms with E-state index in [1.54, 1.807) is 12.1 Å². The van der Waals surface area contributed by atoms with Gasteiger partial charge in [0.25, 0.3) is 0 Å². The molecule has 0 unspecified atom stereocenters. The topological polar surface area (TPSA) is 20.3 Å². The van der Waals surface area contributed by atoms with E-state index in [1.807, 2.05) is 6.07 Å². The fourth-order valence-electron chi connectivity index (χ4n) is 4.05. The fraction of sp³-hybridized carbons (Fsp3) is 0.611. The van der Waals surface area contributed by atoms with E-state index < -0.39 is 30.0 Å². The zero-order valence-corrected chi connectivity index (χ0v) is 13.7. The molecule has 1 aromatic carbocycles. The van der Waals surface area contributed by atoms with Gasteiger partial charge in [0.05, 0.1) is 12.0 Å². The number of carbonyl (C=O) groups excluding carboxylic acids is 1. The third kappa shape index (κ3) is 2.38. The summed E-state index contributed by atoms with van der Waals surface area (Å²) in [6, 6.07) is 5.32. The van der Waals surface area contributed by atoms with Crippen molar-refractivity contribution < 1.29 is 26.7 Å². The summed E-state index contributed by atoms with van der Waals surface area (Å²) in [5.41, 5.74) is 0.901. The second-order valence-corrected chi connectivity index (χ2v) is 7.46. The number of amides is 1. The number of hydrogen-bond acceptors (Lipinski definition) is 1. The monoisotopic (exact) mass is 359 g/mol. The molecule has 2 fully saturated rings.